The highest BCUT2D eigenvalue weighted by molar-refractivity contribution is 5.82. The van der Waals surface area contributed by atoms with E-state index in [4.69, 9.17) is 4.74 Å². The summed E-state index contributed by atoms with van der Waals surface area (Å²) in [6, 6.07) is 9.01. The van der Waals surface area contributed by atoms with Crippen LogP contribution in [0.1, 0.15) is 32.3 Å². The Labute approximate surface area is 114 Å². The molecular formula is C16H22N2O. The molecule has 1 saturated heterocycles. The van der Waals surface area contributed by atoms with E-state index in [-0.39, 0.29) is 5.60 Å². The fraction of sp³-hybridized carbons (Fsp3) is 0.500. The molecule has 0 radical (unpaired) electrons. The van der Waals surface area contributed by atoms with Crippen LogP contribution in [0.3, 0.4) is 0 Å². The predicted octanol–water partition coefficient (Wildman–Crippen LogP) is 3.22. The summed E-state index contributed by atoms with van der Waals surface area (Å²) in [6.45, 7) is 6.13. The van der Waals surface area contributed by atoms with Crippen LogP contribution in [0.5, 0.6) is 0 Å². The highest BCUT2D eigenvalue weighted by Gasteiger charge is 2.28. The number of aromatic amines is 1. The molecule has 2 heterocycles. The fourth-order valence-electron chi connectivity index (χ4n) is 2.94. The normalized spacial score (nSPS) is 22.7. The lowest BCUT2D eigenvalue weighted by molar-refractivity contribution is -0.0630. The van der Waals surface area contributed by atoms with Gasteiger partial charge in [0.05, 0.1) is 5.60 Å². The van der Waals surface area contributed by atoms with Crippen LogP contribution in [0.25, 0.3) is 10.9 Å². The Bertz CT molecular complexity index is 559. The summed E-state index contributed by atoms with van der Waals surface area (Å²) in [6.07, 6.45) is 4.29. The van der Waals surface area contributed by atoms with Crippen molar-refractivity contribution >= 4 is 10.9 Å². The number of ether oxygens (including phenoxy) is 1. The van der Waals surface area contributed by atoms with Crippen LogP contribution in [0.2, 0.25) is 0 Å². The van der Waals surface area contributed by atoms with E-state index >= 15 is 0 Å². The molecule has 1 aliphatic heterocycles. The van der Waals surface area contributed by atoms with Crippen molar-refractivity contribution in [3.8, 4) is 0 Å². The lowest BCUT2D eigenvalue weighted by Gasteiger charge is -2.36. The molecule has 1 aliphatic rings. The van der Waals surface area contributed by atoms with Crippen molar-refractivity contribution in [1.82, 2.24) is 10.3 Å². The van der Waals surface area contributed by atoms with Gasteiger partial charge in [-0.15, -0.1) is 0 Å². The number of aromatic nitrogens is 1. The highest BCUT2D eigenvalue weighted by Crippen LogP contribution is 2.24. The number of H-pyrrole nitrogens is 1. The van der Waals surface area contributed by atoms with Gasteiger partial charge >= 0.3 is 0 Å². The summed E-state index contributed by atoms with van der Waals surface area (Å²) in [5.41, 5.74) is 2.57. The van der Waals surface area contributed by atoms with Gasteiger partial charge in [-0.05, 0) is 38.3 Å². The van der Waals surface area contributed by atoms with Gasteiger partial charge in [0.15, 0.2) is 0 Å². The number of hydrogen-bond acceptors (Lipinski definition) is 2. The summed E-state index contributed by atoms with van der Waals surface area (Å²) in [5, 5.41) is 4.99. The van der Waals surface area contributed by atoms with Crippen molar-refractivity contribution in [3.63, 3.8) is 0 Å². The van der Waals surface area contributed by atoms with Crippen molar-refractivity contribution in [3.05, 3.63) is 36.0 Å². The first-order chi connectivity index (χ1) is 9.14. The molecule has 1 fully saturated rings. The maximum absolute atomic E-state index is 5.76. The quantitative estimate of drug-likeness (QED) is 0.887. The van der Waals surface area contributed by atoms with Gasteiger partial charge in [0.1, 0.15) is 0 Å². The number of benzene rings is 1. The molecule has 1 aromatic carbocycles. The lowest BCUT2D eigenvalue weighted by atomic mass is 9.94. The molecule has 0 unspecified atom stereocenters. The Morgan fingerprint density at radius 1 is 1.37 bits per heavy atom. The largest absolute Gasteiger partial charge is 0.375 e. The van der Waals surface area contributed by atoms with E-state index in [0.717, 1.165) is 26.0 Å². The molecule has 2 N–H and O–H groups in total. The Hall–Kier alpha value is -1.32. The standard InChI is InChI=1S/C16H22N2O/c1-16(2)9-13(7-8-19-16)17-10-12-11-18-15-6-4-3-5-14(12)15/h3-6,11,13,17-18H,7-10H2,1-2H3/t13-/m0/s1. The summed E-state index contributed by atoms with van der Waals surface area (Å²) in [4.78, 5) is 3.33. The second-order valence-corrected chi connectivity index (χ2v) is 6.04. The molecule has 0 spiro atoms. The minimum Gasteiger partial charge on any atom is -0.375 e. The molecule has 3 rings (SSSR count). The minimum atomic E-state index is 0.0101. The van der Waals surface area contributed by atoms with Gasteiger partial charge in [-0.2, -0.15) is 0 Å². The molecule has 1 aromatic heterocycles. The van der Waals surface area contributed by atoms with E-state index in [1.807, 2.05) is 0 Å². The number of rotatable bonds is 3. The Kier molecular flexibility index (Phi) is 3.33. The molecule has 0 aliphatic carbocycles. The lowest BCUT2D eigenvalue weighted by Crippen LogP contribution is -2.43. The molecule has 2 aromatic rings. The van der Waals surface area contributed by atoms with Crippen LogP contribution in [0, 0.1) is 0 Å². The van der Waals surface area contributed by atoms with Crippen LogP contribution in [-0.2, 0) is 11.3 Å². The third-order valence-electron chi connectivity index (χ3n) is 3.95. The topological polar surface area (TPSA) is 37.0 Å². The maximum atomic E-state index is 5.76. The van der Waals surface area contributed by atoms with E-state index in [1.54, 1.807) is 0 Å². The molecule has 3 nitrogen and oxygen atoms in total. The van der Waals surface area contributed by atoms with E-state index in [0.29, 0.717) is 6.04 Å². The molecule has 0 bridgehead atoms. The fourth-order valence-corrected chi connectivity index (χ4v) is 2.94. The molecule has 102 valence electrons. The summed E-state index contributed by atoms with van der Waals surface area (Å²) in [5.74, 6) is 0. The van der Waals surface area contributed by atoms with Gasteiger partial charge in [0.25, 0.3) is 0 Å². The number of para-hydroxylation sites is 1. The van der Waals surface area contributed by atoms with Gasteiger partial charge in [-0.3, -0.25) is 0 Å². The van der Waals surface area contributed by atoms with Gasteiger partial charge in [-0.1, -0.05) is 18.2 Å². The SMILES string of the molecule is CC1(C)C[C@@H](NCc2c[nH]c3ccccc23)CCO1. The highest BCUT2D eigenvalue weighted by atomic mass is 16.5. The Morgan fingerprint density at radius 3 is 3.05 bits per heavy atom. The van der Waals surface area contributed by atoms with Crippen molar-refractivity contribution in [2.75, 3.05) is 6.61 Å². The van der Waals surface area contributed by atoms with Gasteiger partial charge in [0, 0.05) is 36.3 Å². The zero-order chi connectivity index (χ0) is 13.3. The number of fused-ring (bicyclic) bond motifs is 1. The second-order valence-electron chi connectivity index (χ2n) is 6.04. The van der Waals surface area contributed by atoms with Gasteiger partial charge in [-0.25, -0.2) is 0 Å². The van der Waals surface area contributed by atoms with Crippen molar-refractivity contribution < 1.29 is 4.74 Å². The molecule has 0 saturated carbocycles. The first kappa shape index (κ1) is 12.7. The average molecular weight is 258 g/mol. The zero-order valence-corrected chi connectivity index (χ0v) is 11.7. The Morgan fingerprint density at radius 2 is 2.21 bits per heavy atom. The predicted molar refractivity (Wildman–Crippen MR) is 78.2 cm³/mol. The van der Waals surface area contributed by atoms with E-state index in [1.165, 1.54) is 16.5 Å². The van der Waals surface area contributed by atoms with Crippen LogP contribution < -0.4 is 5.32 Å². The summed E-state index contributed by atoms with van der Waals surface area (Å²) >= 11 is 0. The monoisotopic (exact) mass is 258 g/mol. The first-order valence-corrected chi connectivity index (χ1v) is 7.06. The second kappa shape index (κ2) is 4.99. The van der Waals surface area contributed by atoms with Crippen molar-refractivity contribution in [1.29, 1.82) is 0 Å². The van der Waals surface area contributed by atoms with E-state index in [2.05, 4.69) is 54.6 Å². The minimum absolute atomic E-state index is 0.0101. The van der Waals surface area contributed by atoms with E-state index < -0.39 is 0 Å². The molecule has 3 heteroatoms. The Balaban J connectivity index is 1.66. The van der Waals surface area contributed by atoms with Gasteiger partial charge in [0.2, 0.25) is 0 Å². The smallest absolute Gasteiger partial charge is 0.0641 e. The number of nitrogens with one attached hydrogen (secondary N) is 2. The molecular weight excluding hydrogens is 236 g/mol. The van der Waals surface area contributed by atoms with Crippen LogP contribution in [0.15, 0.2) is 30.5 Å². The van der Waals surface area contributed by atoms with Crippen molar-refractivity contribution in [2.24, 2.45) is 0 Å². The maximum Gasteiger partial charge on any atom is 0.0641 e. The van der Waals surface area contributed by atoms with Crippen molar-refractivity contribution in [2.45, 2.75) is 44.9 Å². The van der Waals surface area contributed by atoms with Crippen LogP contribution in [0.4, 0.5) is 0 Å². The summed E-state index contributed by atoms with van der Waals surface area (Å²) in [7, 11) is 0. The molecule has 1 atom stereocenters. The van der Waals surface area contributed by atoms with Crippen LogP contribution in [-0.4, -0.2) is 23.2 Å². The zero-order valence-electron chi connectivity index (χ0n) is 11.7. The molecule has 19 heavy (non-hydrogen) atoms. The van der Waals surface area contributed by atoms with Crippen LogP contribution >= 0.6 is 0 Å². The van der Waals surface area contributed by atoms with E-state index in [9.17, 15) is 0 Å². The number of hydrogen-bond donors (Lipinski definition) is 2. The average Bonchev–Trinajstić information content (AvgIpc) is 2.78. The summed E-state index contributed by atoms with van der Waals surface area (Å²) < 4.78 is 5.76. The molecule has 0 amide bonds. The first-order valence-electron chi connectivity index (χ1n) is 7.06. The third-order valence-corrected chi connectivity index (χ3v) is 3.95. The van der Waals surface area contributed by atoms with Gasteiger partial charge < -0.3 is 15.0 Å². The third kappa shape index (κ3) is 2.82.